The maximum atomic E-state index is 12.8. The molecule has 2 aliphatic rings. The van der Waals surface area contributed by atoms with Crippen molar-refractivity contribution in [3.8, 4) is 0 Å². The van der Waals surface area contributed by atoms with Crippen molar-refractivity contribution in [3.05, 3.63) is 65.2 Å². The van der Waals surface area contributed by atoms with Crippen LogP contribution in [-0.2, 0) is 27.8 Å². The normalized spacial score (nSPS) is 23.8. The van der Waals surface area contributed by atoms with Gasteiger partial charge in [0.15, 0.2) is 0 Å². The fourth-order valence-corrected chi connectivity index (χ4v) is 4.36. The van der Waals surface area contributed by atoms with Crippen molar-refractivity contribution in [3.63, 3.8) is 0 Å². The first-order valence-corrected chi connectivity index (χ1v) is 8.79. The molecular weight excluding hydrogens is 314 g/mol. The van der Waals surface area contributed by atoms with Crippen molar-refractivity contribution >= 4 is 17.6 Å². The third kappa shape index (κ3) is 2.82. The lowest BCUT2D eigenvalue weighted by Gasteiger charge is -2.26. The van der Waals surface area contributed by atoms with E-state index in [2.05, 4.69) is 29.6 Å². The van der Waals surface area contributed by atoms with Gasteiger partial charge in [-0.1, -0.05) is 42.5 Å². The summed E-state index contributed by atoms with van der Waals surface area (Å²) in [6.07, 6.45) is 4.06. The maximum absolute atomic E-state index is 12.8. The molecule has 0 bridgehead atoms. The topological polar surface area (TPSA) is 66.4 Å². The third-order valence-electron chi connectivity index (χ3n) is 5.63. The van der Waals surface area contributed by atoms with Gasteiger partial charge in [-0.25, -0.2) is 0 Å². The first-order chi connectivity index (χ1) is 12.1. The smallest absolute Gasteiger partial charge is 0.307 e. The number of aryl methyl sites for hydroxylation is 1. The van der Waals surface area contributed by atoms with Gasteiger partial charge in [-0.2, -0.15) is 0 Å². The third-order valence-corrected chi connectivity index (χ3v) is 5.63. The van der Waals surface area contributed by atoms with Crippen molar-refractivity contribution in [1.82, 2.24) is 0 Å². The van der Waals surface area contributed by atoms with Crippen LogP contribution >= 0.6 is 0 Å². The number of amides is 1. The Morgan fingerprint density at radius 1 is 1.12 bits per heavy atom. The molecule has 2 aliphatic carbocycles. The highest BCUT2D eigenvalue weighted by atomic mass is 16.4. The first kappa shape index (κ1) is 15.9. The molecule has 1 fully saturated rings. The number of benzene rings is 2. The molecule has 4 rings (SSSR count). The number of carboxylic acid groups (broad SMARTS) is 1. The van der Waals surface area contributed by atoms with Crippen molar-refractivity contribution in [2.24, 2.45) is 5.92 Å². The van der Waals surface area contributed by atoms with E-state index in [1.165, 1.54) is 11.1 Å². The SMILES string of the molecule is O=C(O)Cc1ccccc1NC(=O)[C@H]1C[C@]12CCCc1ccccc12. The van der Waals surface area contributed by atoms with Crippen molar-refractivity contribution < 1.29 is 14.7 Å². The highest BCUT2D eigenvalue weighted by molar-refractivity contribution is 5.97. The number of carbonyl (C=O) groups excluding carboxylic acids is 1. The molecule has 1 amide bonds. The predicted octanol–water partition coefficient (Wildman–Crippen LogP) is 3.55. The Kier molecular flexibility index (Phi) is 3.83. The molecule has 1 spiro atoms. The number of hydrogen-bond donors (Lipinski definition) is 2. The van der Waals surface area contributed by atoms with Gasteiger partial charge in [0, 0.05) is 17.0 Å². The van der Waals surface area contributed by atoms with E-state index in [4.69, 9.17) is 5.11 Å². The highest BCUT2D eigenvalue weighted by Gasteiger charge is 2.60. The van der Waals surface area contributed by atoms with E-state index >= 15 is 0 Å². The van der Waals surface area contributed by atoms with Gasteiger partial charge in [0.25, 0.3) is 0 Å². The van der Waals surface area contributed by atoms with Gasteiger partial charge >= 0.3 is 5.97 Å². The van der Waals surface area contributed by atoms with Crippen molar-refractivity contribution in [2.45, 2.75) is 37.5 Å². The van der Waals surface area contributed by atoms with Crippen LogP contribution in [0.5, 0.6) is 0 Å². The molecule has 0 aliphatic heterocycles. The molecule has 128 valence electrons. The number of rotatable bonds is 4. The van der Waals surface area contributed by atoms with Gasteiger partial charge in [0.1, 0.15) is 0 Å². The lowest BCUT2D eigenvalue weighted by atomic mass is 9.78. The van der Waals surface area contributed by atoms with Crippen LogP contribution in [0.2, 0.25) is 0 Å². The van der Waals surface area contributed by atoms with E-state index in [0.29, 0.717) is 11.3 Å². The number of aliphatic carboxylic acids is 1. The summed E-state index contributed by atoms with van der Waals surface area (Å²) in [5.41, 5.74) is 3.94. The Hall–Kier alpha value is -2.62. The fraction of sp³-hybridized carbons (Fsp3) is 0.333. The van der Waals surface area contributed by atoms with E-state index in [9.17, 15) is 9.59 Å². The summed E-state index contributed by atoms with van der Waals surface area (Å²) < 4.78 is 0. The second-order valence-corrected chi connectivity index (χ2v) is 7.14. The first-order valence-electron chi connectivity index (χ1n) is 8.79. The number of fused-ring (bicyclic) bond motifs is 2. The molecule has 25 heavy (non-hydrogen) atoms. The molecule has 1 saturated carbocycles. The molecule has 0 saturated heterocycles. The van der Waals surface area contributed by atoms with Gasteiger partial charge < -0.3 is 10.4 Å². The minimum absolute atomic E-state index is 0.00884. The summed E-state index contributed by atoms with van der Waals surface area (Å²) in [7, 11) is 0. The second-order valence-electron chi connectivity index (χ2n) is 7.14. The van der Waals surface area contributed by atoms with E-state index in [-0.39, 0.29) is 23.7 Å². The summed E-state index contributed by atoms with van der Waals surface area (Å²) in [6, 6.07) is 15.6. The molecule has 2 aromatic carbocycles. The number of anilines is 1. The van der Waals surface area contributed by atoms with Gasteiger partial charge in [0.2, 0.25) is 5.91 Å². The molecular formula is C21H21NO3. The quantitative estimate of drug-likeness (QED) is 0.898. The summed E-state index contributed by atoms with van der Waals surface area (Å²) in [4.78, 5) is 23.9. The lowest BCUT2D eigenvalue weighted by Crippen LogP contribution is -2.25. The molecule has 0 radical (unpaired) electrons. The summed E-state index contributed by atoms with van der Waals surface area (Å²) in [5, 5.41) is 12.0. The minimum atomic E-state index is -0.897. The molecule has 4 nitrogen and oxygen atoms in total. The molecule has 4 heteroatoms. The van der Waals surface area contributed by atoms with E-state index < -0.39 is 5.97 Å². The molecule has 2 atom stereocenters. The molecule has 0 unspecified atom stereocenters. The zero-order valence-corrected chi connectivity index (χ0v) is 14.0. The van der Waals surface area contributed by atoms with Crippen LogP contribution in [0.15, 0.2) is 48.5 Å². The Balaban J connectivity index is 1.55. The Morgan fingerprint density at radius 2 is 1.88 bits per heavy atom. The van der Waals surface area contributed by atoms with Crippen LogP contribution in [0, 0.1) is 5.92 Å². The maximum Gasteiger partial charge on any atom is 0.307 e. The van der Waals surface area contributed by atoms with Crippen LogP contribution in [0.4, 0.5) is 5.69 Å². The number of para-hydroxylation sites is 1. The zero-order chi connectivity index (χ0) is 17.4. The highest BCUT2D eigenvalue weighted by Crippen LogP contribution is 2.60. The van der Waals surface area contributed by atoms with Crippen LogP contribution in [0.1, 0.15) is 36.0 Å². The fourth-order valence-electron chi connectivity index (χ4n) is 4.36. The summed E-state index contributed by atoms with van der Waals surface area (Å²) >= 11 is 0. The van der Waals surface area contributed by atoms with E-state index in [1.54, 1.807) is 18.2 Å². The van der Waals surface area contributed by atoms with Crippen LogP contribution in [0.25, 0.3) is 0 Å². The predicted molar refractivity (Wildman–Crippen MR) is 95.6 cm³/mol. The molecule has 0 aromatic heterocycles. The largest absolute Gasteiger partial charge is 0.481 e. The Bertz CT molecular complexity index is 845. The molecule has 0 heterocycles. The lowest BCUT2D eigenvalue weighted by molar-refractivity contribution is -0.136. The zero-order valence-electron chi connectivity index (χ0n) is 14.0. The van der Waals surface area contributed by atoms with Gasteiger partial charge in [0.05, 0.1) is 6.42 Å². The van der Waals surface area contributed by atoms with Crippen LogP contribution < -0.4 is 5.32 Å². The van der Waals surface area contributed by atoms with Crippen molar-refractivity contribution in [2.75, 3.05) is 5.32 Å². The summed E-state index contributed by atoms with van der Waals surface area (Å²) in [5.74, 6) is -0.910. The van der Waals surface area contributed by atoms with E-state index in [1.807, 2.05) is 6.07 Å². The number of nitrogens with one attached hydrogen (secondary N) is 1. The monoisotopic (exact) mass is 335 g/mol. The average Bonchev–Trinajstić information content (AvgIpc) is 3.31. The molecule has 2 aromatic rings. The van der Waals surface area contributed by atoms with Crippen LogP contribution in [0.3, 0.4) is 0 Å². The molecule has 2 N–H and O–H groups in total. The number of carboxylic acids is 1. The number of hydrogen-bond acceptors (Lipinski definition) is 2. The van der Waals surface area contributed by atoms with Crippen molar-refractivity contribution in [1.29, 1.82) is 0 Å². The Labute approximate surface area is 146 Å². The Morgan fingerprint density at radius 3 is 2.72 bits per heavy atom. The summed E-state index contributed by atoms with van der Waals surface area (Å²) in [6.45, 7) is 0. The second kappa shape index (κ2) is 6.03. The standard InChI is InChI=1S/C21H21NO3/c23-19(24)12-15-7-2-4-10-18(15)22-20(25)17-13-21(17)11-5-8-14-6-1-3-9-16(14)21/h1-4,6-7,9-10,17H,5,8,11-13H2,(H,22,25)(H,23,24)/t17-,21+/m1/s1. The van der Waals surface area contributed by atoms with Gasteiger partial charge in [-0.15, -0.1) is 0 Å². The minimum Gasteiger partial charge on any atom is -0.481 e. The van der Waals surface area contributed by atoms with E-state index in [0.717, 1.165) is 25.7 Å². The van der Waals surface area contributed by atoms with Gasteiger partial charge in [-0.05, 0) is 48.4 Å². The van der Waals surface area contributed by atoms with Gasteiger partial charge in [-0.3, -0.25) is 9.59 Å². The number of carbonyl (C=O) groups is 2. The van der Waals surface area contributed by atoms with Crippen LogP contribution in [-0.4, -0.2) is 17.0 Å². The average molecular weight is 335 g/mol.